The average molecular weight is 259 g/mol. The van der Waals surface area contributed by atoms with Crippen LogP contribution in [-0.2, 0) is 6.54 Å². The molecule has 7 heteroatoms. The molecule has 0 fully saturated rings. The fourth-order valence-corrected chi connectivity index (χ4v) is 2.33. The van der Waals surface area contributed by atoms with E-state index in [1.807, 2.05) is 12.1 Å². The van der Waals surface area contributed by atoms with Gasteiger partial charge < -0.3 is 5.73 Å². The van der Waals surface area contributed by atoms with Crippen molar-refractivity contribution < 1.29 is 4.92 Å². The third kappa shape index (κ3) is 2.03. The molecule has 19 heavy (non-hydrogen) atoms. The van der Waals surface area contributed by atoms with Gasteiger partial charge in [0.2, 0.25) is 5.82 Å². The average Bonchev–Trinajstić information content (AvgIpc) is 2.82. The van der Waals surface area contributed by atoms with Gasteiger partial charge >= 0.3 is 0 Å². The number of nitrogens with zero attached hydrogens (tertiary/aromatic N) is 4. The summed E-state index contributed by atoms with van der Waals surface area (Å²) in [6.45, 7) is 0.676. The molecule has 1 aliphatic heterocycles. The van der Waals surface area contributed by atoms with Gasteiger partial charge in [0.15, 0.2) is 5.82 Å². The van der Waals surface area contributed by atoms with Gasteiger partial charge in [-0.3, -0.25) is 10.1 Å². The van der Waals surface area contributed by atoms with Gasteiger partial charge in [0.1, 0.15) is 0 Å². The number of nitrogen functional groups attached to an aromatic ring is 1. The van der Waals surface area contributed by atoms with Crippen molar-refractivity contribution in [2.24, 2.45) is 0 Å². The Hall–Kier alpha value is -2.44. The lowest BCUT2D eigenvalue weighted by Gasteiger charge is -2.15. The molecule has 1 atom stereocenters. The zero-order valence-electron chi connectivity index (χ0n) is 10.2. The maximum absolute atomic E-state index is 11.0. The van der Waals surface area contributed by atoms with E-state index in [0.717, 1.165) is 12.0 Å². The van der Waals surface area contributed by atoms with Gasteiger partial charge in [-0.1, -0.05) is 12.1 Å². The Morgan fingerprint density at radius 1 is 1.47 bits per heavy atom. The second-order valence-electron chi connectivity index (χ2n) is 4.59. The van der Waals surface area contributed by atoms with Crippen LogP contribution in [0.1, 0.15) is 24.7 Å². The predicted molar refractivity (Wildman–Crippen MR) is 68.8 cm³/mol. The van der Waals surface area contributed by atoms with E-state index in [0.29, 0.717) is 30.3 Å². The lowest BCUT2D eigenvalue weighted by molar-refractivity contribution is -0.533. The van der Waals surface area contributed by atoms with Crippen molar-refractivity contribution in [3.05, 3.63) is 40.2 Å². The number of hydrogen-bond donors (Lipinski definition) is 1. The van der Waals surface area contributed by atoms with Gasteiger partial charge in [-0.25, -0.2) is 9.67 Å². The fourth-order valence-electron chi connectivity index (χ4n) is 2.33. The molecule has 1 aromatic heterocycles. The largest absolute Gasteiger partial charge is 0.399 e. The molecular formula is C12H13N5O2. The Bertz CT molecular complexity index is 637. The van der Waals surface area contributed by atoms with Crippen molar-refractivity contribution in [3.8, 4) is 11.4 Å². The van der Waals surface area contributed by atoms with Gasteiger partial charge in [-0.15, -0.1) is 0 Å². The number of nitro groups is 1. The molecule has 0 saturated carbocycles. The molecule has 2 heterocycles. The standard InChI is InChI=1S/C12H13N5O2/c13-9-4-1-3-8(7-9)11-14-12-10(17(18)19)5-2-6-16(12)15-11/h1,3-4,7,10H,2,5-6,13H2. The number of hydrogen-bond acceptors (Lipinski definition) is 5. The molecule has 2 aromatic rings. The SMILES string of the molecule is Nc1cccc(-c2nc3n(n2)CCCC3[N+](=O)[O-])c1. The fraction of sp³-hybridized carbons (Fsp3) is 0.333. The molecule has 1 aromatic carbocycles. The number of nitrogens with two attached hydrogens (primary N) is 1. The number of fused-ring (bicyclic) bond motifs is 1. The van der Waals surface area contributed by atoms with Crippen LogP contribution in [0.3, 0.4) is 0 Å². The Balaban J connectivity index is 2.04. The van der Waals surface area contributed by atoms with Crippen molar-refractivity contribution in [2.75, 3.05) is 5.73 Å². The van der Waals surface area contributed by atoms with Gasteiger partial charge in [0, 0.05) is 29.1 Å². The summed E-state index contributed by atoms with van der Waals surface area (Å²) in [5.74, 6) is 0.935. The summed E-state index contributed by atoms with van der Waals surface area (Å²) in [7, 11) is 0. The molecule has 3 rings (SSSR count). The highest BCUT2D eigenvalue weighted by molar-refractivity contribution is 5.60. The summed E-state index contributed by atoms with van der Waals surface area (Å²) in [5, 5.41) is 15.4. The molecule has 2 N–H and O–H groups in total. The van der Waals surface area contributed by atoms with Crippen molar-refractivity contribution in [1.29, 1.82) is 0 Å². The highest BCUT2D eigenvalue weighted by Gasteiger charge is 2.33. The summed E-state index contributed by atoms with van der Waals surface area (Å²) in [5.41, 5.74) is 7.13. The van der Waals surface area contributed by atoms with E-state index in [9.17, 15) is 10.1 Å². The van der Waals surface area contributed by atoms with Gasteiger partial charge in [-0.05, 0) is 18.6 Å². The Kier molecular flexibility index (Phi) is 2.66. The van der Waals surface area contributed by atoms with Crippen molar-refractivity contribution >= 4 is 5.69 Å². The zero-order chi connectivity index (χ0) is 13.4. The molecule has 98 valence electrons. The van der Waals surface area contributed by atoms with Crippen LogP contribution in [0.25, 0.3) is 11.4 Å². The minimum atomic E-state index is -0.754. The third-order valence-corrected chi connectivity index (χ3v) is 3.25. The van der Waals surface area contributed by atoms with Crippen LogP contribution in [0.5, 0.6) is 0 Å². The Morgan fingerprint density at radius 2 is 2.32 bits per heavy atom. The molecule has 1 unspecified atom stereocenters. The van der Waals surface area contributed by atoms with Crippen LogP contribution >= 0.6 is 0 Å². The highest BCUT2D eigenvalue weighted by atomic mass is 16.6. The summed E-state index contributed by atoms with van der Waals surface area (Å²) in [4.78, 5) is 15.1. The maximum Gasteiger partial charge on any atom is 0.271 e. The number of aromatic nitrogens is 3. The van der Waals surface area contributed by atoms with Gasteiger partial charge in [-0.2, -0.15) is 5.10 Å². The molecular weight excluding hydrogens is 246 g/mol. The molecule has 0 saturated heterocycles. The first-order valence-corrected chi connectivity index (χ1v) is 6.09. The van der Waals surface area contributed by atoms with Crippen LogP contribution in [0.4, 0.5) is 5.69 Å². The van der Waals surface area contributed by atoms with Crippen molar-refractivity contribution in [3.63, 3.8) is 0 Å². The first-order valence-electron chi connectivity index (χ1n) is 6.09. The molecule has 0 bridgehead atoms. The molecule has 1 aliphatic rings. The minimum Gasteiger partial charge on any atom is -0.399 e. The van der Waals surface area contributed by atoms with E-state index in [-0.39, 0.29) is 4.92 Å². The Labute approximate surface area is 109 Å². The lowest BCUT2D eigenvalue weighted by Crippen LogP contribution is -2.22. The summed E-state index contributed by atoms with van der Waals surface area (Å²) >= 11 is 0. The number of aryl methyl sites for hydroxylation is 1. The molecule has 0 amide bonds. The summed E-state index contributed by atoms with van der Waals surface area (Å²) in [6.07, 6.45) is 1.26. The van der Waals surface area contributed by atoms with E-state index in [4.69, 9.17) is 5.73 Å². The predicted octanol–water partition coefficient (Wildman–Crippen LogP) is 1.64. The van der Waals surface area contributed by atoms with Crippen LogP contribution < -0.4 is 5.73 Å². The second-order valence-corrected chi connectivity index (χ2v) is 4.59. The first kappa shape index (κ1) is 11.6. The highest BCUT2D eigenvalue weighted by Crippen LogP contribution is 2.28. The van der Waals surface area contributed by atoms with Crippen molar-refractivity contribution in [1.82, 2.24) is 14.8 Å². The molecule has 0 aliphatic carbocycles. The third-order valence-electron chi connectivity index (χ3n) is 3.25. The first-order chi connectivity index (χ1) is 9.15. The Morgan fingerprint density at radius 3 is 3.05 bits per heavy atom. The normalized spacial score (nSPS) is 18.0. The maximum atomic E-state index is 11.0. The second kappa shape index (κ2) is 4.34. The smallest absolute Gasteiger partial charge is 0.271 e. The van der Waals surface area contributed by atoms with Gasteiger partial charge in [0.05, 0.1) is 0 Å². The number of rotatable bonds is 2. The summed E-state index contributed by atoms with van der Waals surface area (Å²) in [6, 6.07) is 6.45. The van der Waals surface area contributed by atoms with Crippen LogP contribution in [-0.4, -0.2) is 19.7 Å². The zero-order valence-corrected chi connectivity index (χ0v) is 10.2. The van der Waals surface area contributed by atoms with Crippen LogP contribution in [0, 0.1) is 10.1 Å². The molecule has 0 radical (unpaired) electrons. The van der Waals surface area contributed by atoms with Crippen LogP contribution in [0.15, 0.2) is 24.3 Å². The van der Waals surface area contributed by atoms with E-state index in [1.54, 1.807) is 16.8 Å². The minimum absolute atomic E-state index is 0.289. The lowest BCUT2D eigenvalue weighted by atomic mass is 10.1. The van der Waals surface area contributed by atoms with Gasteiger partial charge in [0.25, 0.3) is 6.04 Å². The summed E-state index contributed by atoms with van der Waals surface area (Å²) < 4.78 is 1.63. The molecule has 7 nitrogen and oxygen atoms in total. The van der Waals surface area contributed by atoms with E-state index >= 15 is 0 Å². The quantitative estimate of drug-likeness (QED) is 0.502. The number of anilines is 1. The van der Waals surface area contributed by atoms with E-state index in [1.165, 1.54) is 0 Å². The molecule has 0 spiro atoms. The number of benzene rings is 1. The topological polar surface area (TPSA) is 99.9 Å². The monoisotopic (exact) mass is 259 g/mol. The van der Waals surface area contributed by atoms with Crippen LogP contribution in [0.2, 0.25) is 0 Å². The van der Waals surface area contributed by atoms with Crippen molar-refractivity contribution in [2.45, 2.75) is 25.4 Å². The van der Waals surface area contributed by atoms with E-state index in [2.05, 4.69) is 10.1 Å². The van der Waals surface area contributed by atoms with E-state index < -0.39 is 6.04 Å².